The molecule has 0 bridgehead atoms. The van der Waals surface area contributed by atoms with Crippen molar-refractivity contribution in [2.75, 3.05) is 29.9 Å². The number of anilines is 2. The zero-order valence-electron chi connectivity index (χ0n) is 13.2. The molecule has 1 aromatic carbocycles. The molecule has 21 heavy (non-hydrogen) atoms. The molecule has 0 aromatic heterocycles. The number of nitrogens with one attached hydrogen (secondary N) is 1. The monoisotopic (exact) mass is 289 g/mol. The maximum Gasteiger partial charge on any atom is 0.228 e. The summed E-state index contributed by atoms with van der Waals surface area (Å²) < 4.78 is 0. The Bertz CT molecular complexity index is 481. The highest BCUT2D eigenvalue weighted by atomic mass is 16.1. The molecule has 1 heterocycles. The lowest BCUT2D eigenvalue weighted by Gasteiger charge is -2.20. The minimum Gasteiger partial charge on any atom is -0.372 e. The molecule has 1 fully saturated rings. The van der Waals surface area contributed by atoms with Crippen LogP contribution in [-0.4, -0.2) is 25.5 Å². The van der Waals surface area contributed by atoms with E-state index in [-0.39, 0.29) is 11.8 Å². The average molecular weight is 289 g/mol. The molecule has 1 aromatic rings. The lowest BCUT2D eigenvalue weighted by molar-refractivity contribution is -0.119. The number of carbonyl (C=O) groups is 1. The van der Waals surface area contributed by atoms with Gasteiger partial charge in [-0.1, -0.05) is 13.3 Å². The molecule has 3 N–H and O–H groups in total. The van der Waals surface area contributed by atoms with E-state index in [1.165, 1.54) is 18.5 Å². The van der Waals surface area contributed by atoms with E-state index in [1.807, 2.05) is 13.0 Å². The van der Waals surface area contributed by atoms with E-state index in [1.54, 1.807) is 0 Å². The second-order valence-corrected chi connectivity index (χ2v) is 5.90. The first kappa shape index (κ1) is 15.8. The summed E-state index contributed by atoms with van der Waals surface area (Å²) in [5, 5.41) is 3.03. The second kappa shape index (κ2) is 7.46. The van der Waals surface area contributed by atoms with Gasteiger partial charge in [0, 0.05) is 31.0 Å². The number of carbonyl (C=O) groups excluding carboxylic acids is 1. The number of aryl methyl sites for hydroxylation is 1. The van der Waals surface area contributed by atoms with Crippen molar-refractivity contribution in [1.82, 2.24) is 0 Å². The highest BCUT2D eigenvalue weighted by Gasteiger charge is 2.17. The minimum absolute atomic E-state index is 0.0383. The van der Waals surface area contributed by atoms with Crippen LogP contribution in [0.15, 0.2) is 18.2 Å². The van der Waals surface area contributed by atoms with Gasteiger partial charge in [0.1, 0.15) is 0 Å². The molecule has 0 saturated carbocycles. The summed E-state index contributed by atoms with van der Waals surface area (Å²) in [5.41, 5.74) is 8.96. The number of rotatable bonds is 6. The Morgan fingerprint density at radius 1 is 1.38 bits per heavy atom. The predicted octanol–water partition coefficient (Wildman–Crippen LogP) is 2.91. The Morgan fingerprint density at radius 2 is 2.10 bits per heavy atom. The smallest absolute Gasteiger partial charge is 0.228 e. The number of nitrogens with two attached hydrogens (primary N) is 1. The zero-order chi connectivity index (χ0) is 15.2. The molecule has 4 heteroatoms. The third-order valence-electron chi connectivity index (χ3n) is 4.23. The van der Waals surface area contributed by atoms with Crippen LogP contribution in [-0.2, 0) is 4.79 Å². The molecule has 2 rings (SSSR count). The quantitative estimate of drug-likeness (QED) is 0.846. The largest absolute Gasteiger partial charge is 0.372 e. The van der Waals surface area contributed by atoms with Crippen molar-refractivity contribution < 1.29 is 4.79 Å². The standard InChI is InChI=1S/C17H27N3O/c1-3-6-14(12-18)17(21)19-16-8-7-15(11-13(16)2)20-9-4-5-10-20/h7-8,11,14H,3-6,9-10,12,18H2,1-2H3,(H,19,21). The SMILES string of the molecule is CCCC(CN)C(=O)Nc1ccc(N2CCCC2)cc1C. The van der Waals surface area contributed by atoms with Gasteiger partial charge in [-0.2, -0.15) is 0 Å². The highest BCUT2D eigenvalue weighted by molar-refractivity contribution is 5.93. The molecule has 1 saturated heterocycles. The van der Waals surface area contributed by atoms with Crippen molar-refractivity contribution in [3.63, 3.8) is 0 Å². The van der Waals surface area contributed by atoms with Gasteiger partial charge in [0.15, 0.2) is 0 Å². The van der Waals surface area contributed by atoms with E-state index >= 15 is 0 Å². The first-order valence-electron chi connectivity index (χ1n) is 8.02. The third kappa shape index (κ3) is 3.97. The number of benzene rings is 1. The lowest BCUT2D eigenvalue weighted by atomic mass is 10.0. The molecule has 116 valence electrons. The summed E-state index contributed by atoms with van der Waals surface area (Å²) >= 11 is 0. The van der Waals surface area contributed by atoms with Crippen LogP contribution in [0.25, 0.3) is 0 Å². The molecule has 1 amide bonds. The Labute approximate surface area is 127 Å². The zero-order valence-corrected chi connectivity index (χ0v) is 13.2. The van der Waals surface area contributed by atoms with Crippen molar-refractivity contribution in [2.24, 2.45) is 11.7 Å². The van der Waals surface area contributed by atoms with Gasteiger partial charge in [0.2, 0.25) is 5.91 Å². The molecular weight excluding hydrogens is 262 g/mol. The van der Waals surface area contributed by atoms with E-state index in [0.29, 0.717) is 6.54 Å². The molecular formula is C17H27N3O. The molecule has 0 radical (unpaired) electrons. The number of nitrogens with zero attached hydrogens (tertiary/aromatic N) is 1. The van der Waals surface area contributed by atoms with E-state index in [9.17, 15) is 4.79 Å². The summed E-state index contributed by atoms with van der Waals surface area (Å²) in [6.07, 6.45) is 4.36. The van der Waals surface area contributed by atoms with E-state index in [4.69, 9.17) is 5.73 Å². The van der Waals surface area contributed by atoms with Gasteiger partial charge < -0.3 is 16.0 Å². The molecule has 1 aliphatic rings. The van der Waals surface area contributed by atoms with Crippen molar-refractivity contribution >= 4 is 17.3 Å². The number of hydrogen-bond acceptors (Lipinski definition) is 3. The fraction of sp³-hybridized carbons (Fsp3) is 0.588. The Hall–Kier alpha value is -1.55. The van der Waals surface area contributed by atoms with Gasteiger partial charge in [-0.05, 0) is 49.9 Å². The first-order valence-corrected chi connectivity index (χ1v) is 8.02. The fourth-order valence-electron chi connectivity index (χ4n) is 2.90. The van der Waals surface area contributed by atoms with Gasteiger partial charge in [0.05, 0.1) is 5.92 Å². The Balaban J connectivity index is 2.04. The van der Waals surface area contributed by atoms with Crippen LogP contribution in [0.3, 0.4) is 0 Å². The van der Waals surface area contributed by atoms with Crippen molar-refractivity contribution in [1.29, 1.82) is 0 Å². The summed E-state index contributed by atoms with van der Waals surface area (Å²) in [6.45, 7) is 6.80. The summed E-state index contributed by atoms with van der Waals surface area (Å²) in [4.78, 5) is 14.6. The van der Waals surface area contributed by atoms with Crippen LogP contribution in [0.2, 0.25) is 0 Å². The van der Waals surface area contributed by atoms with E-state index < -0.39 is 0 Å². The Morgan fingerprint density at radius 3 is 2.67 bits per heavy atom. The topological polar surface area (TPSA) is 58.4 Å². The molecule has 0 spiro atoms. The van der Waals surface area contributed by atoms with E-state index in [0.717, 1.165) is 37.2 Å². The second-order valence-electron chi connectivity index (χ2n) is 5.90. The van der Waals surface area contributed by atoms with Crippen LogP contribution in [0.4, 0.5) is 11.4 Å². The van der Waals surface area contributed by atoms with Crippen LogP contribution in [0.5, 0.6) is 0 Å². The minimum atomic E-state index is -0.0901. The van der Waals surface area contributed by atoms with Gasteiger partial charge in [0.25, 0.3) is 0 Å². The normalized spacial score (nSPS) is 16.0. The molecule has 1 atom stereocenters. The maximum absolute atomic E-state index is 12.2. The third-order valence-corrected chi connectivity index (χ3v) is 4.23. The van der Waals surface area contributed by atoms with Gasteiger partial charge >= 0.3 is 0 Å². The highest BCUT2D eigenvalue weighted by Crippen LogP contribution is 2.26. The molecule has 4 nitrogen and oxygen atoms in total. The van der Waals surface area contributed by atoms with Crippen LogP contribution in [0.1, 0.15) is 38.2 Å². The molecule has 1 aliphatic heterocycles. The summed E-state index contributed by atoms with van der Waals surface area (Å²) in [5.74, 6) is -0.0518. The van der Waals surface area contributed by atoms with Gasteiger partial charge in [-0.3, -0.25) is 4.79 Å². The fourth-order valence-corrected chi connectivity index (χ4v) is 2.90. The number of hydrogen-bond donors (Lipinski definition) is 2. The first-order chi connectivity index (χ1) is 10.2. The molecule has 1 unspecified atom stereocenters. The van der Waals surface area contributed by atoms with Crippen LogP contribution >= 0.6 is 0 Å². The lowest BCUT2D eigenvalue weighted by Crippen LogP contribution is -2.29. The summed E-state index contributed by atoms with van der Waals surface area (Å²) in [6, 6.07) is 6.28. The predicted molar refractivity (Wildman–Crippen MR) is 88.7 cm³/mol. The average Bonchev–Trinajstić information content (AvgIpc) is 3.01. The molecule has 0 aliphatic carbocycles. The summed E-state index contributed by atoms with van der Waals surface area (Å²) in [7, 11) is 0. The van der Waals surface area contributed by atoms with Crippen molar-refractivity contribution in [2.45, 2.75) is 39.5 Å². The van der Waals surface area contributed by atoms with Crippen LogP contribution in [0, 0.1) is 12.8 Å². The van der Waals surface area contributed by atoms with Gasteiger partial charge in [-0.15, -0.1) is 0 Å². The van der Waals surface area contributed by atoms with Crippen molar-refractivity contribution in [3.8, 4) is 0 Å². The van der Waals surface area contributed by atoms with Crippen molar-refractivity contribution in [3.05, 3.63) is 23.8 Å². The Kier molecular flexibility index (Phi) is 5.62. The number of amides is 1. The van der Waals surface area contributed by atoms with E-state index in [2.05, 4.69) is 29.3 Å². The van der Waals surface area contributed by atoms with Gasteiger partial charge in [-0.25, -0.2) is 0 Å². The van der Waals surface area contributed by atoms with Crippen LogP contribution < -0.4 is 16.0 Å². The maximum atomic E-state index is 12.2.